The lowest BCUT2D eigenvalue weighted by Crippen LogP contribution is -2.33. The average molecular weight is 332 g/mol. The highest BCUT2D eigenvalue weighted by Crippen LogP contribution is 2.27. The molecule has 1 amide bonds. The van der Waals surface area contributed by atoms with E-state index in [9.17, 15) is 9.90 Å². The van der Waals surface area contributed by atoms with Crippen LogP contribution in [0, 0.1) is 5.92 Å². The van der Waals surface area contributed by atoms with Gasteiger partial charge < -0.3 is 19.7 Å². The van der Waals surface area contributed by atoms with Crippen LogP contribution in [0.25, 0.3) is 10.9 Å². The van der Waals surface area contributed by atoms with Gasteiger partial charge in [0.25, 0.3) is 0 Å². The molecule has 5 heteroatoms. The van der Waals surface area contributed by atoms with Crippen LogP contribution in [0.15, 0.2) is 30.5 Å². The molecule has 2 rings (SSSR count). The Morgan fingerprint density at radius 3 is 2.58 bits per heavy atom. The normalized spacial score (nSPS) is 13.3. The summed E-state index contributed by atoms with van der Waals surface area (Å²) in [6.45, 7) is 9.99. The standard InChI is InChI=1S/C19H28N2O3/c1-13(2)17(22)21-12-14(15-8-6-7-9-16(15)21)10-11-20-18(23)24-19(3,4)5/h6-9,12-13,17,22H,10-11H2,1-5H3,(H,20,23)/t17-/m1/s1. The largest absolute Gasteiger partial charge is 0.444 e. The van der Waals surface area contributed by atoms with E-state index in [1.54, 1.807) is 0 Å². The number of aromatic nitrogens is 1. The van der Waals surface area contributed by atoms with Crippen molar-refractivity contribution in [2.24, 2.45) is 5.92 Å². The van der Waals surface area contributed by atoms with Crippen LogP contribution in [0.5, 0.6) is 0 Å². The minimum absolute atomic E-state index is 0.119. The molecule has 0 spiro atoms. The molecule has 1 atom stereocenters. The van der Waals surface area contributed by atoms with Gasteiger partial charge in [-0.15, -0.1) is 0 Å². The zero-order chi connectivity index (χ0) is 17.9. The Hall–Kier alpha value is -2.01. The minimum atomic E-state index is -0.567. The number of benzene rings is 1. The molecule has 0 aliphatic rings. The fourth-order valence-corrected chi connectivity index (χ4v) is 2.63. The monoisotopic (exact) mass is 332 g/mol. The molecule has 0 saturated carbocycles. The first-order valence-electron chi connectivity index (χ1n) is 8.42. The Morgan fingerprint density at radius 1 is 1.29 bits per heavy atom. The number of rotatable bonds is 5. The second-order valence-corrected chi connectivity index (χ2v) is 7.42. The Labute approximate surface area is 143 Å². The van der Waals surface area contributed by atoms with Crippen LogP contribution in [0.4, 0.5) is 4.79 Å². The molecule has 2 aromatic rings. The molecule has 0 unspecified atom stereocenters. The number of alkyl carbamates (subject to hydrolysis) is 1. The predicted molar refractivity (Wildman–Crippen MR) is 96.0 cm³/mol. The number of hydrogen-bond donors (Lipinski definition) is 2. The van der Waals surface area contributed by atoms with Gasteiger partial charge in [-0.2, -0.15) is 0 Å². The molecule has 1 heterocycles. The maximum atomic E-state index is 11.7. The molecule has 0 saturated heterocycles. The van der Waals surface area contributed by atoms with Gasteiger partial charge >= 0.3 is 6.09 Å². The van der Waals surface area contributed by atoms with Gasteiger partial charge in [0.05, 0.1) is 5.52 Å². The molecular formula is C19H28N2O3. The van der Waals surface area contributed by atoms with E-state index in [0.717, 1.165) is 16.5 Å². The second-order valence-electron chi connectivity index (χ2n) is 7.42. The summed E-state index contributed by atoms with van der Waals surface area (Å²) in [5.74, 6) is 0.119. The molecule has 24 heavy (non-hydrogen) atoms. The second kappa shape index (κ2) is 7.26. The number of ether oxygens (including phenoxy) is 1. The van der Waals surface area contributed by atoms with Crippen molar-refractivity contribution >= 4 is 17.0 Å². The number of nitrogens with one attached hydrogen (secondary N) is 1. The maximum absolute atomic E-state index is 11.7. The predicted octanol–water partition coefficient (Wildman–Crippen LogP) is 3.86. The lowest BCUT2D eigenvalue weighted by Gasteiger charge is -2.19. The van der Waals surface area contributed by atoms with Crippen molar-refractivity contribution in [2.45, 2.75) is 52.9 Å². The van der Waals surface area contributed by atoms with Crippen molar-refractivity contribution < 1.29 is 14.6 Å². The highest BCUT2D eigenvalue weighted by Gasteiger charge is 2.18. The van der Waals surface area contributed by atoms with Crippen molar-refractivity contribution in [3.05, 3.63) is 36.0 Å². The smallest absolute Gasteiger partial charge is 0.407 e. The molecule has 0 radical (unpaired) electrons. The van der Waals surface area contributed by atoms with E-state index >= 15 is 0 Å². The quantitative estimate of drug-likeness (QED) is 0.874. The first kappa shape index (κ1) is 18.3. The summed E-state index contributed by atoms with van der Waals surface area (Å²) >= 11 is 0. The number of nitrogens with zero attached hydrogens (tertiary/aromatic N) is 1. The third kappa shape index (κ3) is 4.51. The third-order valence-corrected chi connectivity index (χ3v) is 3.77. The summed E-state index contributed by atoms with van der Waals surface area (Å²) in [5, 5.41) is 14.3. The van der Waals surface area contributed by atoms with Crippen LogP contribution in [0.3, 0.4) is 0 Å². The van der Waals surface area contributed by atoms with Gasteiger partial charge in [-0.25, -0.2) is 4.79 Å². The van der Waals surface area contributed by atoms with Gasteiger partial charge in [-0.3, -0.25) is 0 Å². The summed E-state index contributed by atoms with van der Waals surface area (Å²) in [5.41, 5.74) is 1.61. The molecule has 0 bridgehead atoms. The van der Waals surface area contributed by atoms with Gasteiger partial charge in [-0.05, 0) is 44.7 Å². The molecule has 2 N–H and O–H groups in total. The van der Waals surface area contributed by atoms with Crippen LogP contribution >= 0.6 is 0 Å². The number of para-hydroxylation sites is 1. The molecule has 5 nitrogen and oxygen atoms in total. The number of aliphatic hydroxyl groups excluding tert-OH is 1. The zero-order valence-electron chi connectivity index (χ0n) is 15.2. The Kier molecular flexibility index (Phi) is 5.54. The SMILES string of the molecule is CC(C)[C@@H](O)n1cc(CCNC(=O)OC(C)(C)C)c2ccccc21. The fourth-order valence-electron chi connectivity index (χ4n) is 2.63. The van der Waals surface area contributed by atoms with Crippen LogP contribution < -0.4 is 5.32 Å². The number of hydrogen-bond acceptors (Lipinski definition) is 3. The summed E-state index contributed by atoms with van der Waals surface area (Å²) in [7, 11) is 0. The summed E-state index contributed by atoms with van der Waals surface area (Å²) in [4.78, 5) is 11.7. The zero-order valence-corrected chi connectivity index (χ0v) is 15.2. The molecular weight excluding hydrogens is 304 g/mol. The topological polar surface area (TPSA) is 63.5 Å². The third-order valence-electron chi connectivity index (χ3n) is 3.77. The number of carbonyl (C=O) groups excluding carboxylic acids is 1. The Bertz CT molecular complexity index is 698. The van der Waals surface area contributed by atoms with Crippen LogP contribution in [0.1, 0.15) is 46.4 Å². The van der Waals surface area contributed by atoms with E-state index < -0.39 is 17.9 Å². The van der Waals surface area contributed by atoms with Crippen LogP contribution in [-0.4, -0.2) is 27.9 Å². The summed E-state index contributed by atoms with van der Waals surface area (Å²) < 4.78 is 7.15. The first-order chi connectivity index (χ1) is 11.2. The highest BCUT2D eigenvalue weighted by molar-refractivity contribution is 5.84. The summed E-state index contributed by atoms with van der Waals surface area (Å²) in [6, 6.07) is 8.00. The first-order valence-corrected chi connectivity index (χ1v) is 8.42. The highest BCUT2D eigenvalue weighted by atomic mass is 16.6. The molecule has 1 aromatic carbocycles. The van der Waals surface area contributed by atoms with E-state index in [4.69, 9.17) is 4.74 Å². The molecule has 0 aliphatic heterocycles. The van der Waals surface area contributed by atoms with E-state index in [1.165, 1.54) is 0 Å². The van der Waals surface area contributed by atoms with Gasteiger partial charge in [0.15, 0.2) is 0 Å². The van der Waals surface area contributed by atoms with Crippen molar-refractivity contribution in [2.75, 3.05) is 6.54 Å². The molecule has 132 valence electrons. The lowest BCUT2D eigenvalue weighted by molar-refractivity contribution is 0.0527. The van der Waals surface area contributed by atoms with Crippen molar-refractivity contribution in [3.8, 4) is 0 Å². The lowest BCUT2D eigenvalue weighted by atomic mass is 10.1. The molecule has 0 fully saturated rings. The van der Waals surface area contributed by atoms with Gasteiger partial charge in [0.1, 0.15) is 11.8 Å². The van der Waals surface area contributed by atoms with Crippen LogP contribution in [-0.2, 0) is 11.2 Å². The van der Waals surface area contributed by atoms with Crippen molar-refractivity contribution in [1.29, 1.82) is 0 Å². The van der Waals surface area contributed by atoms with E-state index in [1.807, 2.05) is 69.6 Å². The average Bonchev–Trinajstić information content (AvgIpc) is 2.83. The van der Waals surface area contributed by atoms with Gasteiger partial charge in [-0.1, -0.05) is 32.0 Å². The number of carbonyl (C=O) groups is 1. The summed E-state index contributed by atoms with van der Waals surface area (Å²) in [6.07, 6.45) is 1.68. The minimum Gasteiger partial charge on any atom is -0.444 e. The van der Waals surface area contributed by atoms with Crippen molar-refractivity contribution in [1.82, 2.24) is 9.88 Å². The van der Waals surface area contributed by atoms with E-state index in [0.29, 0.717) is 13.0 Å². The van der Waals surface area contributed by atoms with Crippen molar-refractivity contribution in [3.63, 3.8) is 0 Å². The van der Waals surface area contributed by atoms with Gasteiger partial charge in [0, 0.05) is 18.1 Å². The molecule has 1 aromatic heterocycles. The van der Waals surface area contributed by atoms with Crippen LogP contribution in [0.2, 0.25) is 0 Å². The van der Waals surface area contributed by atoms with E-state index in [2.05, 4.69) is 5.32 Å². The fraction of sp³-hybridized carbons (Fsp3) is 0.526. The van der Waals surface area contributed by atoms with Gasteiger partial charge in [0.2, 0.25) is 0 Å². The Balaban J connectivity index is 2.11. The number of aliphatic hydroxyl groups is 1. The Morgan fingerprint density at radius 2 is 1.96 bits per heavy atom. The van der Waals surface area contributed by atoms with E-state index in [-0.39, 0.29) is 5.92 Å². The maximum Gasteiger partial charge on any atom is 0.407 e. The number of amides is 1. The molecule has 0 aliphatic carbocycles. The number of fused-ring (bicyclic) bond motifs is 1.